The molecule has 1 N–H and O–H groups in total. The van der Waals surface area contributed by atoms with Crippen molar-refractivity contribution in [1.29, 1.82) is 0 Å². The van der Waals surface area contributed by atoms with Crippen LogP contribution in [0.5, 0.6) is 0 Å². The summed E-state index contributed by atoms with van der Waals surface area (Å²) in [6, 6.07) is 14.0. The van der Waals surface area contributed by atoms with Gasteiger partial charge in [-0.3, -0.25) is 14.3 Å². The second kappa shape index (κ2) is 7.48. The number of rotatable bonds is 4. The van der Waals surface area contributed by atoms with Crippen LogP contribution in [0.1, 0.15) is 25.0 Å². The molecule has 2 unspecified atom stereocenters. The van der Waals surface area contributed by atoms with Crippen LogP contribution in [0.15, 0.2) is 59.0 Å². The Bertz CT molecular complexity index is 1280. The van der Waals surface area contributed by atoms with Crippen molar-refractivity contribution in [2.75, 3.05) is 37.0 Å². The molecule has 32 heavy (non-hydrogen) atoms. The first-order valence-electron chi connectivity index (χ1n) is 11.6. The van der Waals surface area contributed by atoms with Crippen molar-refractivity contribution in [3.63, 3.8) is 0 Å². The molecule has 6 nitrogen and oxygen atoms in total. The van der Waals surface area contributed by atoms with Crippen LogP contribution >= 0.6 is 0 Å². The maximum Gasteiger partial charge on any atom is 0.193 e. The van der Waals surface area contributed by atoms with Gasteiger partial charge in [0.15, 0.2) is 5.43 Å². The van der Waals surface area contributed by atoms with E-state index in [1.807, 2.05) is 31.2 Å². The van der Waals surface area contributed by atoms with Crippen LogP contribution in [-0.2, 0) is 0 Å². The van der Waals surface area contributed by atoms with Crippen LogP contribution in [0.3, 0.4) is 0 Å². The summed E-state index contributed by atoms with van der Waals surface area (Å²) in [4.78, 5) is 22.9. The zero-order valence-corrected chi connectivity index (χ0v) is 18.7. The van der Waals surface area contributed by atoms with E-state index in [0.29, 0.717) is 17.0 Å². The number of hydrogen-bond acceptors (Lipinski definition) is 5. The van der Waals surface area contributed by atoms with E-state index in [0.717, 1.165) is 55.0 Å². The standard InChI is InChI=1S/C26H29N5O/c1-17-23(30-12-11-29(2)16-30)14-21-24(32)15-25(28-22-10-6-7-18-13-20(18)22)31(26(21)27-17)19-8-4-3-5-9-19/h3-5,8-10,14-15,18,20,28H,6-7,11-13,16H2,1-2H3. The lowest BCUT2D eigenvalue weighted by molar-refractivity contribution is 0.421. The summed E-state index contributed by atoms with van der Waals surface area (Å²) >= 11 is 0. The van der Waals surface area contributed by atoms with Gasteiger partial charge in [0, 0.05) is 36.5 Å². The van der Waals surface area contributed by atoms with E-state index in [-0.39, 0.29) is 5.43 Å². The van der Waals surface area contributed by atoms with E-state index >= 15 is 0 Å². The molecule has 0 radical (unpaired) electrons. The molecular formula is C26H29N5O. The first-order chi connectivity index (χ1) is 15.6. The lowest BCUT2D eigenvalue weighted by atomic mass is 10.0. The van der Waals surface area contributed by atoms with Crippen LogP contribution < -0.4 is 15.6 Å². The molecule has 164 valence electrons. The van der Waals surface area contributed by atoms with Gasteiger partial charge >= 0.3 is 0 Å². The quantitative estimate of drug-likeness (QED) is 0.679. The summed E-state index contributed by atoms with van der Waals surface area (Å²) in [6.07, 6.45) is 5.96. The predicted octanol–water partition coefficient (Wildman–Crippen LogP) is 4.13. The highest BCUT2D eigenvalue weighted by atomic mass is 16.1. The summed E-state index contributed by atoms with van der Waals surface area (Å²) < 4.78 is 2.11. The first-order valence-corrected chi connectivity index (χ1v) is 11.6. The van der Waals surface area contributed by atoms with Crippen LogP contribution in [0, 0.1) is 18.8 Å². The molecule has 2 atom stereocenters. The fourth-order valence-electron chi connectivity index (χ4n) is 5.33. The fourth-order valence-corrected chi connectivity index (χ4v) is 5.33. The van der Waals surface area contributed by atoms with Crippen molar-refractivity contribution in [3.8, 4) is 5.69 Å². The number of hydrogen-bond donors (Lipinski definition) is 1. The molecule has 2 fully saturated rings. The molecule has 3 heterocycles. The summed E-state index contributed by atoms with van der Waals surface area (Å²) in [7, 11) is 2.12. The number of aromatic nitrogens is 2. The number of para-hydroxylation sites is 1. The van der Waals surface area contributed by atoms with E-state index < -0.39 is 0 Å². The Hall–Kier alpha value is -3.12. The monoisotopic (exact) mass is 427 g/mol. The van der Waals surface area contributed by atoms with Gasteiger partial charge in [-0.1, -0.05) is 24.3 Å². The molecule has 2 aliphatic carbocycles. The molecule has 6 rings (SSSR count). The summed E-state index contributed by atoms with van der Waals surface area (Å²) in [6.45, 7) is 4.88. The average molecular weight is 428 g/mol. The minimum Gasteiger partial charge on any atom is -0.356 e. The molecule has 1 aliphatic heterocycles. The van der Waals surface area contributed by atoms with Crippen molar-refractivity contribution in [2.24, 2.45) is 11.8 Å². The Morgan fingerprint density at radius 1 is 1.12 bits per heavy atom. The lowest BCUT2D eigenvalue weighted by Crippen LogP contribution is -2.24. The average Bonchev–Trinajstić information content (AvgIpc) is 3.47. The molecule has 3 aromatic rings. The SMILES string of the molecule is Cc1nc2c(cc1N1CCN(C)C1)c(=O)cc(NC1=CCCC3CC13)n2-c1ccccc1. The topological polar surface area (TPSA) is 53.4 Å². The smallest absolute Gasteiger partial charge is 0.193 e. The highest BCUT2D eigenvalue weighted by Gasteiger charge is 2.41. The third kappa shape index (κ3) is 3.30. The van der Waals surface area contributed by atoms with Gasteiger partial charge in [-0.15, -0.1) is 0 Å². The van der Waals surface area contributed by atoms with Gasteiger partial charge in [0.1, 0.15) is 11.5 Å². The molecule has 1 aromatic carbocycles. The van der Waals surface area contributed by atoms with E-state index in [4.69, 9.17) is 4.98 Å². The van der Waals surface area contributed by atoms with Gasteiger partial charge in [-0.2, -0.15) is 0 Å². The maximum atomic E-state index is 13.3. The van der Waals surface area contributed by atoms with Gasteiger partial charge in [0.2, 0.25) is 0 Å². The number of anilines is 2. The van der Waals surface area contributed by atoms with E-state index in [1.165, 1.54) is 18.5 Å². The number of benzene rings is 1. The van der Waals surface area contributed by atoms with Crippen LogP contribution in [0.2, 0.25) is 0 Å². The number of aryl methyl sites for hydroxylation is 1. The number of fused-ring (bicyclic) bond motifs is 2. The highest BCUT2D eigenvalue weighted by Crippen LogP contribution is 2.50. The fraction of sp³-hybridized carbons (Fsp3) is 0.385. The van der Waals surface area contributed by atoms with Crippen LogP contribution in [0.25, 0.3) is 16.7 Å². The number of nitrogens with one attached hydrogen (secondary N) is 1. The van der Waals surface area contributed by atoms with Gasteiger partial charge in [0.25, 0.3) is 0 Å². The summed E-state index contributed by atoms with van der Waals surface area (Å²) in [5.41, 5.74) is 4.99. The number of likely N-dealkylation sites (N-methyl/N-ethyl adjacent to an activating group) is 1. The predicted molar refractivity (Wildman–Crippen MR) is 129 cm³/mol. The zero-order chi connectivity index (χ0) is 21.8. The second-order valence-corrected chi connectivity index (χ2v) is 9.48. The summed E-state index contributed by atoms with van der Waals surface area (Å²) in [5, 5.41) is 4.30. The Morgan fingerprint density at radius 3 is 2.75 bits per heavy atom. The van der Waals surface area contributed by atoms with Crippen molar-refractivity contribution >= 4 is 22.5 Å². The van der Waals surface area contributed by atoms with Gasteiger partial charge in [-0.25, -0.2) is 4.98 Å². The Morgan fingerprint density at radius 2 is 1.97 bits per heavy atom. The van der Waals surface area contributed by atoms with Crippen LogP contribution in [-0.4, -0.2) is 41.3 Å². The lowest BCUT2D eigenvalue weighted by Gasteiger charge is -2.23. The Labute approximate surface area is 188 Å². The molecule has 1 saturated carbocycles. The molecule has 6 heteroatoms. The van der Waals surface area contributed by atoms with E-state index in [1.54, 1.807) is 6.07 Å². The Balaban J connectivity index is 1.53. The van der Waals surface area contributed by atoms with Crippen molar-refractivity contribution in [3.05, 3.63) is 70.2 Å². The minimum absolute atomic E-state index is 0.0136. The second-order valence-electron chi connectivity index (χ2n) is 9.48. The minimum atomic E-state index is 0.0136. The van der Waals surface area contributed by atoms with Crippen molar-refractivity contribution in [1.82, 2.24) is 14.5 Å². The molecule has 3 aliphatic rings. The van der Waals surface area contributed by atoms with E-state index in [2.05, 4.69) is 44.9 Å². The highest BCUT2D eigenvalue weighted by molar-refractivity contribution is 5.84. The van der Waals surface area contributed by atoms with Crippen molar-refractivity contribution < 1.29 is 0 Å². The first kappa shape index (κ1) is 19.6. The molecule has 0 spiro atoms. The Kier molecular flexibility index (Phi) is 4.57. The van der Waals surface area contributed by atoms with Gasteiger partial charge in [0.05, 0.1) is 23.4 Å². The van der Waals surface area contributed by atoms with Gasteiger partial charge < -0.3 is 10.2 Å². The van der Waals surface area contributed by atoms with Gasteiger partial charge in [-0.05, 0) is 57.4 Å². The largest absolute Gasteiger partial charge is 0.356 e. The summed E-state index contributed by atoms with van der Waals surface area (Å²) in [5.74, 6) is 2.22. The molecule has 1 saturated heterocycles. The maximum absolute atomic E-state index is 13.3. The van der Waals surface area contributed by atoms with Crippen molar-refractivity contribution in [2.45, 2.75) is 26.2 Å². The number of allylic oxidation sites excluding steroid dienone is 2. The molecular weight excluding hydrogens is 398 g/mol. The normalized spacial score (nSPS) is 22.7. The van der Waals surface area contributed by atoms with Crippen LogP contribution in [0.4, 0.5) is 11.5 Å². The molecule has 0 amide bonds. The molecule has 0 bridgehead atoms. The third-order valence-corrected chi connectivity index (χ3v) is 7.17. The molecule has 2 aromatic heterocycles. The zero-order valence-electron chi connectivity index (χ0n) is 18.7. The number of nitrogens with zero attached hydrogens (tertiary/aromatic N) is 4. The van der Waals surface area contributed by atoms with E-state index in [9.17, 15) is 4.79 Å². The third-order valence-electron chi connectivity index (χ3n) is 7.17. The number of pyridine rings is 2.